The lowest BCUT2D eigenvalue weighted by Crippen LogP contribution is -2.26. The summed E-state index contributed by atoms with van der Waals surface area (Å²) in [5, 5.41) is 0.521. The van der Waals surface area contributed by atoms with Crippen molar-refractivity contribution >= 4 is 29.2 Å². The molecule has 0 amide bonds. The fraction of sp³-hybridized carbons (Fsp3) is 0.200. The summed E-state index contributed by atoms with van der Waals surface area (Å²) in [5.41, 5.74) is 17.5. The summed E-state index contributed by atoms with van der Waals surface area (Å²) in [6.07, 6.45) is 0.910. The topological polar surface area (TPSA) is 103 Å². The highest BCUT2D eigenvalue weighted by atomic mass is 35.5. The van der Waals surface area contributed by atoms with Gasteiger partial charge in [-0.3, -0.25) is 0 Å². The number of hydrogen-bond donors (Lipinski definition) is 3. The normalized spacial score (nSPS) is 11.2. The van der Waals surface area contributed by atoms with Crippen molar-refractivity contribution in [2.45, 2.75) is 13.3 Å². The smallest absolute Gasteiger partial charge is 0.223 e. The third-order valence-electron chi connectivity index (χ3n) is 1.90. The molecule has 0 heterocycles. The van der Waals surface area contributed by atoms with E-state index >= 15 is 0 Å². The molecule has 0 atom stereocenters. The molecule has 0 saturated heterocycles. The number of hydrogen-bond acceptors (Lipinski definition) is 1. The van der Waals surface area contributed by atoms with E-state index in [9.17, 15) is 0 Å². The van der Waals surface area contributed by atoms with Gasteiger partial charge in [-0.25, -0.2) is 4.99 Å². The second-order valence-corrected chi connectivity index (χ2v) is 3.55. The summed E-state index contributed by atoms with van der Waals surface area (Å²) in [6, 6.07) is 5.53. The number of aliphatic imine (C=N–C) groups is 2. The van der Waals surface area contributed by atoms with E-state index in [1.54, 1.807) is 6.07 Å². The third-order valence-corrected chi connectivity index (χ3v) is 2.20. The zero-order valence-electron chi connectivity index (χ0n) is 8.94. The van der Waals surface area contributed by atoms with Crippen LogP contribution < -0.4 is 17.2 Å². The number of rotatable bonds is 2. The largest absolute Gasteiger partial charge is 0.370 e. The molecule has 1 rings (SSSR count). The molecular weight excluding hydrogens is 226 g/mol. The number of nitrogens with zero attached hydrogens (tertiary/aromatic N) is 2. The fourth-order valence-corrected chi connectivity index (χ4v) is 1.39. The maximum Gasteiger partial charge on any atom is 0.223 e. The van der Waals surface area contributed by atoms with Crippen molar-refractivity contribution in [1.29, 1.82) is 0 Å². The Hall–Kier alpha value is -1.75. The zero-order valence-corrected chi connectivity index (χ0v) is 9.70. The zero-order chi connectivity index (χ0) is 12.1. The standard InChI is InChI=1S/C10H14ClN5/c1-2-6-3-4-8(7(11)5-6)15-10(14)16-9(12)13/h3-5H,2H2,1H3,(H6,12,13,14,15,16). The SMILES string of the molecule is CCc1ccc(N=C(N)N=C(N)N)c(Cl)c1. The molecule has 0 saturated carbocycles. The number of halogens is 1. The quantitative estimate of drug-likeness (QED) is 0.532. The molecule has 5 nitrogen and oxygen atoms in total. The lowest BCUT2D eigenvalue weighted by Gasteiger charge is -2.01. The molecular formula is C10H14ClN5. The van der Waals surface area contributed by atoms with Crippen molar-refractivity contribution in [3.8, 4) is 0 Å². The predicted octanol–water partition coefficient (Wildman–Crippen LogP) is 1.12. The van der Waals surface area contributed by atoms with Gasteiger partial charge in [0, 0.05) is 0 Å². The average molecular weight is 240 g/mol. The number of guanidine groups is 2. The number of aryl methyl sites for hydroxylation is 1. The second-order valence-electron chi connectivity index (χ2n) is 3.15. The number of benzene rings is 1. The summed E-state index contributed by atoms with van der Waals surface area (Å²) >= 11 is 6.02. The molecule has 0 fully saturated rings. The van der Waals surface area contributed by atoms with Crippen LogP contribution in [0.5, 0.6) is 0 Å². The molecule has 6 N–H and O–H groups in total. The van der Waals surface area contributed by atoms with E-state index in [4.69, 9.17) is 28.8 Å². The van der Waals surface area contributed by atoms with Gasteiger partial charge in [-0.05, 0) is 24.1 Å². The van der Waals surface area contributed by atoms with Gasteiger partial charge in [0.15, 0.2) is 5.96 Å². The first kappa shape index (κ1) is 12.3. The van der Waals surface area contributed by atoms with Gasteiger partial charge in [0.05, 0.1) is 10.7 Å². The first-order valence-electron chi connectivity index (χ1n) is 4.75. The maximum absolute atomic E-state index is 6.02. The fourth-order valence-electron chi connectivity index (χ4n) is 1.14. The van der Waals surface area contributed by atoms with Crippen LogP contribution in [0.25, 0.3) is 0 Å². The van der Waals surface area contributed by atoms with Gasteiger partial charge in [-0.2, -0.15) is 4.99 Å². The lowest BCUT2D eigenvalue weighted by molar-refractivity contribution is 1.14. The van der Waals surface area contributed by atoms with E-state index in [1.165, 1.54) is 0 Å². The summed E-state index contributed by atoms with van der Waals surface area (Å²) in [5.74, 6) is -0.159. The van der Waals surface area contributed by atoms with Crippen LogP contribution in [0.1, 0.15) is 12.5 Å². The molecule has 0 unspecified atom stereocenters. The summed E-state index contributed by atoms with van der Waals surface area (Å²) in [4.78, 5) is 7.59. The van der Waals surface area contributed by atoms with Gasteiger partial charge in [0.25, 0.3) is 0 Å². The Morgan fingerprint density at radius 3 is 2.50 bits per heavy atom. The molecule has 86 valence electrons. The second kappa shape index (κ2) is 5.37. The molecule has 1 aromatic carbocycles. The van der Waals surface area contributed by atoms with Crippen LogP contribution >= 0.6 is 11.6 Å². The molecule has 16 heavy (non-hydrogen) atoms. The minimum atomic E-state index is -0.137. The molecule has 0 spiro atoms. The predicted molar refractivity (Wildman–Crippen MR) is 67.9 cm³/mol. The van der Waals surface area contributed by atoms with Gasteiger partial charge in [0.2, 0.25) is 5.96 Å². The molecule has 6 heteroatoms. The van der Waals surface area contributed by atoms with E-state index in [1.807, 2.05) is 19.1 Å². The summed E-state index contributed by atoms with van der Waals surface area (Å²) in [7, 11) is 0. The third kappa shape index (κ3) is 3.43. The van der Waals surface area contributed by atoms with Gasteiger partial charge in [-0.1, -0.05) is 24.6 Å². The average Bonchev–Trinajstić information content (AvgIpc) is 2.19. The van der Waals surface area contributed by atoms with E-state index in [0.717, 1.165) is 12.0 Å². The molecule has 1 aromatic rings. The van der Waals surface area contributed by atoms with Gasteiger partial charge in [-0.15, -0.1) is 0 Å². The Labute approximate surface area is 99.0 Å². The van der Waals surface area contributed by atoms with Crippen molar-refractivity contribution < 1.29 is 0 Å². The van der Waals surface area contributed by atoms with Crippen LogP contribution in [0.4, 0.5) is 5.69 Å². The Bertz CT molecular complexity index is 435. The van der Waals surface area contributed by atoms with Crippen LogP contribution in [-0.2, 0) is 6.42 Å². The highest BCUT2D eigenvalue weighted by Crippen LogP contribution is 2.25. The van der Waals surface area contributed by atoms with Crippen molar-refractivity contribution in [2.24, 2.45) is 27.2 Å². The monoisotopic (exact) mass is 239 g/mol. The first-order chi connectivity index (χ1) is 7.52. The van der Waals surface area contributed by atoms with E-state index in [2.05, 4.69) is 9.98 Å². The number of nitrogens with two attached hydrogens (primary N) is 3. The molecule has 0 aromatic heterocycles. The molecule has 0 radical (unpaired) electrons. The maximum atomic E-state index is 6.02. The molecule has 0 aliphatic rings. The van der Waals surface area contributed by atoms with Crippen LogP contribution in [0.15, 0.2) is 28.2 Å². The lowest BCUT2D eigenvalue weighted by atomic mass is 10.1. The van der Waals surface area contributed by atoms with Crippen LogP contribution in [0, 0.1) is 0 Å². The molecule has 0 aliphatic carbocycles. The van der Waals surface area contributed by atoms with Crippen LogP contribution in [-0.4, -0.2) is 11.9 Å². The van der Waals surface area contributed by atoms with Gasteiger partial charge >= 0.3 is 0 Å². The van der Waals surface area contributed by atoms with Gasteiger partial charge < -0.3 is 17.2 Å². The molecule has 0 bridgehead atoms. The Morgan fingerprint density at radius 2 is 2.00 bits per heavy atom. The van der Waals surface area contributed by atoms with Gasteiger partial charge in [0.1, 0.15) is 0 Å². The Kier molecular flexibility index (Phi) is 4.13. The Morgan fingerprint density at radius 1 is 1.31 bits per heavy atom. The minimum absolute atomic E-state index is 0.0221. The van der Waals surface area contributed by atoms with Crippen molar-refractivity contribution in [1.82, 2.24) is 0 Å². The summed E-state index contributed by atoms with van der Waals surface area (Å²) < 4.78 is 0. The summed E-state index contributed by atoms with van der Waals surface area (Å²) in [6.45, 7) is 2.04. The van der Waals surface area contributed by atoms with E-state index in [-0.39, 0.29) is 11.9 Å². The van der Waals surface area contributed by atoms with E-state index in [0.29, 0.717) is 10.7 Å². The highest BCUT2D eigenvalue weighted by molar-refractivity contribution is 6.33. The minimum Gasteiger partial charge on any atom is -0.370 e. The Balaban J connectivity index is 3.02. The molecule has 0 aliphatic heterocycles. The first-order valence-corrected chi connectivity index (χ1v) is 5.13. The van der Waals surface area contributed by atoms with Crippen molar-refractivity contribution in [3.63, 3.8) is 0 Å². The van der Waals surface area contributed by atoms with Crippen molar-refractivity contribution in [3.05, 3.63) is 28.8 Å². The van der Waals surface area contributed by atoms with Crippen molar-refractivity contribution in [2.75, 3.05) is 0 Å². The van der Waals surface area contributed by atoms with Crippen LogP contribution in [0.2, 0.25) is 5.02 Å². The van der Waals surface area contributed by atoms with Crippen LogP contribution in [0.3, 0.4) is 0 Å². The van der Waals surface area contributed by atoms with E-state index < -0.39 is 0 Å². The highest BCUT2D eigenvalue weighted by Gasteiger charge is 2.00.